The Bertz CT molecular complexity index is 1130. The van der Waals surface area contributed by atoms with Gasteiger partial charge in [0.05, 0.1) is 5.70 Å². The minimum atomic E-state index is 0.0471. The predicted octanol–water partition coefficient (Wildman–Crippen LogP) is 9.86. The van der Waals surface area contributed by atoms with Crippen LogP contribution in [0.1, 0.15) is 70.3 Å². The molecule has 0 unspecified atom stereocenters. The van der Waals surface area contributed by atoms with Crippen molar-refractivity contribution in [1.82, 2.24) is 0 Å². The van der Waals surface area contributed by atoms with E-state index in [1.165, 1.54) is 24.0 Å². The summed E-state index contributed by atoms with van der Waals surface area (Å²) < 4.78 is 0. The Morgan fingerprint density at radius 2 is 1.58 bits per heavy atom. The lowest BCUT2D eigenvalue weighted by Gasteiger charge is -2.08. The molecule has 3 nitrogen and oxygen atoms in total. The van der Waals surface area contributed by atoms with Gasteiger partial charge in [-0.1, -0.05) is 79.6 Å². The SMILES string of the molecule is C/C=C\C=C/C(CCC)=C(C)C.C=C/C=C(\N=C(C)Nc1ccc(C(C)=O)cc1)c1ccc(Cl)cc1. The topological polar surface area (TPSA) is 41.5 Å². The molecular formula is C32H39ClN2O. The van der Waals surface area contributed by atoms with Gasteiger partial charge in [0, 0.05) is 21.8 Å². The molecule has 0 bridgehead atoms. The van der Waals surface area contributed by atoms with E-state index in [1.807, 2.05) is 62.4 Å². The van der Waals surface area contributed by atoms with E-state index in [1.54, 1.807) is 25.1 Å². The summed E-state index contributed by atoms with van der Waals surface area (Å²) >= 11 is 5.93. The summed E-state index contributed by atoms with van der Waals surface area (Å²) in [5.74, 6) is 0.777. The zero-order chi connectivity index (χ0) is 26.9. The molecule has 0 spiro atoms. The van der Waals surface area contributed by atoms with E-state index in [9.17, 15) is 4.79 Å². The third-order valence-electron chi connectivity index (χ3n) is 5.08. The number of halogens is 1. The summed E-state index contributed by atoms with van der Waals surface area (Å²) in [6.45, 7) is 15.8. The third kappa shape index (κ3) is 11.8. The number of amidine groups is 1. The molecule has 0 heterocycles. The highest BCUT2D eigenvalue weighted by molar-refractivity contribution is 6.30. The highest BCUT2D eigenvalue weighted by Gasteiger charge is 2.03. The lowest BCUT2D eigenvalue weighted by molar-refractivity contribution is 0.101. The minimum Gasteiger partial charge on any atom is -0.344 e. The van der Waals surface area contributed by atoms with E-state index in [2.05, 4.69) is 55.9 Å². The summed E-state index contributed by atoms with van der Waals surface area (Å²) in [7, 11) is 0. The van der Waals surface area contributed by atoms with Gasteiger partial charge < -0.3 is 5.32 Å². The summed E-state index contributed by atoms with van der Waals surface area (Å²) in [4.78, 5) is 15.9. The van der Waals surface area contributed by atoms with E-state index in [0.29, 0.717) is 10.6 Å². The smallest absolute Gasteiger partial charge is 0.159 e. The first-order valence-corrected chi connectivity index (χ1v) is 12.6. The first-order chi connectivity index (χ1) is 17.2. The summed E-state index contributed by atoms with van der Waals surface area (Å²) in [6.07, 6.45) is 14.4. The molecule has 2 aromatic rings. The van der Waals surface area contributed by atoms with Crippen molar-refractivity contribution in [3.63, 3.8) is 0 Å². The molecule has 0 aliphatic carbocycles. The van der Waals surface area contributed by atoms with Crippen LogP contribution < -0.4 is 5.32 Å². The first-order valence-electron chi connectivity index (χ1n) is 12.2. The van der Waals surface area contributed by atoms with Crippen molar-refractivity contribution in [2.24, 2.45) is 4.99 Å². The molecule has 0 aliphatic heterocycles. The van der Waals surface area contributed by atoms with E-state index < -0.39 is 0 Å². The number of ketones is 1. The van der Waals surface area contributed by atoms with E-state index in [4.69, 9.17) is 11.6 Å². The van der Waals surface area contributed by atoms with Gasteiger partial charge in [-0.25, -0.2) is 4.99 Å². The fourth-order valence-corrected chi connectivity index (χ4v) is 3.31. The molecule has 0 radical (unpaired) electrons. The number of anilines is 1. The van der Waals surface area contributed by atoms with Crippen molar-refractivity contribution in [2.75, 3.05) is 5.32 Å². The highest BCUT2D eigenvalue weighted by Crippen LogP contribution is 2.20. The number of benzene rings is 2. The van der Waals surface area contributed by atoms with Crippen molar-refractivity contribution in [3.05, 3.63) is 119 Å². The average Bonchev–Trinajstić information content (AvgIpc) is 2.84. The number of Topliss-reactive ketones (excluding diaryl/α,β-unsaturated/α-hetero) is 1. The molecule has 0 saturated heterocycles. The van der Waals surface area contributed by atoms with Gasteiger partial charge in [0.15, 0.2) is 5.78 Å². The maximum absolute atomic E-state index is 11.3. The summed E-state index contributed by atoms with van der Waals surface area (Å²) in [5.41, 5.74) is 6.19. The molecule has 0 fully saturated rings. The zero-order valence-corrected chi connectivity index (χ0v) is 23.2. The third-order valence-corrected chi connectivity index (χ3v) is 5.34. The maximum atomic E-state index is 11.3. The minimum absolute atomic E-state index is 0.0471. The van der Waals surface area contributed by atoms with Gasteiger partial charge in [-0.3, -0.25) is 4.79 Å². The van der Waals surface area contributed by atoms with Gasteiger partial charge in [-0.05, 0) is 89.1 Å². The molecule has 2 aromatic carbocycles. The molecule has 0 aromatic heterocycles. The van der Waals surface area contributed by atoms with Crippen LogP contribution in [0.5, 0.6) is 0 Å². The van der Waals surface area contributed by atoms with Crippen LogP contribution in [0.25, 0.3) is 5.70 Å². The number of nitrogens with zero attached hydrogens (tertiary/aromatic N) is 1. The lowest BCUT2D eigenvalue weighted by Crippen LogP contribution is -2.07. The second kappa shape index (κ2) is 17.1. The largest absolute Gasteiger partial charge is 0.344 e. The Labute approximate surface area is 222 Å². The van der Waals surface area contributed by atoms with E-state index in [-0.39, 0.29) is 5.78 Å². The number of hydrogen-bond acceptors (Lipinski definition) is 2. The Hall–Kier alpha value is -3.43. The monoisotopic (exact) mass is 502 g/mol. The van der Waals surface area contributed by atoms with E-state index in [0.717, 1.165) is 22.8 Å². The quantitative estimate of drug-likeness (QED) is 0.160. The Morgan fingerprint density at radius 1 is 0.972 bits per heavy atom. The molecule has 1 N–H and O–H groups in total. The van der Waals surface area contributed by atoms with Crippen molar-refractivity contribution in [3.8, 4) is 0 Å². The number of aliphatic imine (C=N–C) groups is 1. The summed E-state index contributed by atoms with van der Waals surface area (Å²) in [5, 5.41) is 3.90. The average molecular weight is 503 g/mol. The number of rotatable bonds is 9. The molecule has 4 heteroatoms. The molecule has 36 heavy (non-hydrogen) atoms. The van der Waals surface area contributed by atoms with Crippen LogP contribution in [-0.2, 0) is 0 Å². The van der Waals surface area contributed by atoms with Gasteiger partial charge in [0.25, 0.3) is 0 Å². The van der Waals surface area contributed by atoms with Gasteiger partial charge in [-0.2, -0.15) is 0 Å². The van der Waals surface area contributed by atoms with Crippen LogP contribution in [0.15, 0.2) is 108 Å². The molecule has 0 aliphatic rings. The Morgan fingerprint density at radius 3 is 2.08 bits per heavy atom. The van der Waals surface area contributed by atoms with Gasteiger partial charge in [0.2, 0.25) is 0 Å². The van der Waals surface area contributed by atoms with Crippen LogP contribution >= 0.6 is 11.6 Å². The van der Waals surface area contributed by atoms with E-state index >= 15 is 0 Å². The maximum Gasteiger partial charge on any atom is 0.159 e. The first kappa shape index (κ1) is 30.6. The number of nitrogens with one attached hydrogen (secondary N) is 1. The Balaban J connectivity index is 0.000000457. The van der Waals surface area contributed by atoms with Crippen LogP contribution in [-0.4, -0.2) is 11.6 Å². The van der Waals surface area contributed by atoms with Crippen molar-refractivity contribution in [1.29, 1.82) is 0 Å². The number of carbonyl (C=O) groups is 1. The second-order valence-corrected chi connectivity index (χ2v) is 8.85. The van der Waals surface area contributed by atoms with Crippen molar-refractivity contribution >= 4 is 34.6 Å². The van der Waals surface area contributed by atoms with Crippen molar-refractivity contribution in [2.45, 2.75) is 54.4 Å². The predicted molar refractivity (Wildman–Crippen MR) is 160 cm³/mol. The standard InChI is InChI=1S/C20H19ClN2O.C12H20/c1-4-5-20(17-6-10-18(21)11-7-17)23-15(3)22-19-12-8-16(9-13-19)14(2)24;1-5-7-8-10-12(9-6-2)11(3)4/h4-13H,1H2,2-3H3,(H,22,23);5,7-8,10H,6,9H2,1-4H3/b20-5-;7-5-,10-8-. The summed E-state index contributed by atoms with van der Waals surface area (Å²) in [6, 6.07) is 14.8. The van der Waals surface area contributed by atoms with Crippen molar-refractivity contribution < 1.29 is 4.79 Å². The van der Waals surface area contributed by atoms with Crippen LogP contribution in [0, 0.1) is 0 Å². The van der Waals surface area contributed by atoms with Crippen LogP contribution in [0.3, 0.4) is 0 Å². The molecular weight excluding hydrogens is 464 g/mol. The number of allylic oxidation sites excluding steroid dienone is 8. The molecule has 0 atom stereocenters. The van der Waals surface area contributed by atoms with Crippen LogP contribution in [0.4, 0.5) is 5.69 Å². The number of hydrogen-bond donors (Lipinski definition) is 1. The fraction of sp³-hybridized carbons (Fsp3) is 0.250. The zero-order valence-electron chi connectivity index (χ0n) is 22.4. The Kier molecular flexibility index (Phi) is 14.5. The van der Waals surface area contributed by atoms with Crippen LogP contribution in [0.2, 0.25) is 5.02 Å². The van der Waals surface area contributed by atoms with Gasteiger partial charge in [-0.15, -0.1) is 0 Å². The molecule has 0 saturated carbocycles. The normalized spacial score (nSPS) is 11.8. The second-order valence-electron chi connectivity index (χ2n) is 8.41. The fourth-order valence-electron chi connectivity index (χ4n) is 3.19. The van der Waals surface area contributed by atoms with Gasteiger partial charge in [0.1, 0.15) is 5.84 Å². The highest BCUT2D eigenvalue weighted by atomic mass is 35.5. The van der Waals surface area contributed by atoms with Gasteiger partial charge >= 0.3 is 0 Å². The molecule has 0 amide bonds. The lowest BCUT2D eigenvalue weighted by atomic mass is 10.1. The number of carbonyl (C=O) groups excluding carboxylic acids is 1. The molecule has 2 rings (SSSR count). The molecule has 190 valence electrons.